The summed E-state index contributed by atoms with van der Waals surface area (Å²) in [7, 11) is 0. The first-order chi connectivity index (χ1) is 13.5. The van der Waals surface area contributed by atoms with Crippen LogP contribution in [-0.4, -0.2) is 49.6 Å². The summed E-state index contributed by atoms with van der Waals surface area (Å²) in [6.45, 7) is 11.2. The summed E-state index contributed by atoms with van der Waals surface area (Å²) in [5.41, 5.74) is 9.27. The summed E-state index contributed by atoms with van der Waals surface area (Å²) in [5, 5.41) is 2.92. The zero-order chi connectivity index (χ0) is 20.1. The average Bonchev–Trinajstić information content (AvgIpc) is 2.68. The van der Waals surface area contributed by atoms with E-state index in [1.54, 1.807) is 12.1 Å². The lowest BCUT2D eigenvalue weighted by Crippen LogP contribution is -2.46. The van der Waals surface area contributed by atoms with Gasteiger partial charge in [0.05, 0.1) is 17.5 Å². The normalized spacial score (nSPS) is 14.9. The Hall–Kier alpha value is -2.73. The van der Waals surface area contributed by atoms with E-state index < -0.39 is 0 Å². The minimum Gasteiger partial charge on any atom is -0.491 e. The number of anilines is 3. The number of nitrogens with zero attached hydrogens (tertiary/aromatic N) is 2. The Morgan fingerprint density at radius 1 is 1.11 bits per heavy atom. The van der Waals surface area contributed by atoms with Crippen molar-refractivity contribution >= 4 is 23.0 Å². The van der Waals surface area contributed by atoms with Gasteiger partial charge < -0.3 is 25.6 Å². The maximum Gasteiger partial charge on any atom is 0.255 e. The number of benzene rings is 2. The summed E-state index contributed by atoms with van der Waals surface area (Å²) in [6.07, 6.45) is 0.103. The largest absolute Gasteiger partial charge is 0.491 e. The van der Waals surface area contributed by atoms with Gasteiger partial charge in [-0.15, -0.1) is 0 Å². The molecule has 28 heavy (non-hydrogen) atoms. The molecule has 0 unspecified atom stereocenters. The maximum absolute atomic E-state index is 12.5. The van der Waals surface area contributed by atoms with Gasteiger partial charge in [0.15, 0.2) is 0 Å². The van der Waals surface area contributed by atoms with Gasteiger partial charge >= 0.3 is 0 Å². The summed E-state index contributed by atoms with van der Waals surface area (Å²) in [4.78, 5) is 17.2. The van der Waals surface area contributed by atoms with Gasteiger partial charge in [-0.05, 0) is 62.9 Å². The standard InChI is InChI=1S/C22H30N4O2/c1-4-25-11-13-26(14-12-25)21-10-7-18(15-20(21)23)24-22(27)17-5-8-19(9-6-17)28-16(2)3/h5-10,15-16H,4,11-14,23H2,1-3H3,(H,24,27). The molecule has 2 aromatic rings. The number of hydrogen-bond acceptors (Lipinski definition) is 5. The van der Waals surface area contributed by atoms with Gasteiger partial charge in [0.25, 0.3) is 5.91 Å². The smallest absolute Gasteiger partial charge is 0.255 e. The van der Waals surface area contributed by atoms with Gasteiger partial charge in [0.1, 0.15) is 5.75 Å². The van der Waals surface area contributed by atoms with E-state index in [4.69, 9.17) is 10.5 Å². The number of carbonyl (C=O) groups is 1. The molecule has 6 nitrogen and oxygen atoms in total. The van der Waals surface area contributed by atoms with Crippen LogP contribution in [0.4, 0.5) is 17.1 Å². The molecular weight excluding hydrogens is 352 g/mol. The Kier molecular flexibility index (Phi) is 6.41. The van der Waals surface area contributed by atoms with Crippen molar-refractivity contribution in [2.45, 2.75) is 26.9 Å². The van der Waals surface area contributed by atoms with E-state index >= 15 is 0 Å². The lowest BCUT2D eigenvalue weighted by atomic mass is 10.1. The number of nitrogens with two attached hydrogens (primary N) is 1. The average molecular weight is 383 g/mol. The van der Waals surface area contributed by atoms with Crippen LogP contribution in [-0.2, 0) is 0 Å². The summed E-state index contributed by atoms with van der Waals surface area (Å²) >= 11 is 0. The molecule has 1 aliphatic rings. The van der Waals surface area contributed by atoms with Gasteiger partial charge in [-0.2, -0.15) is 0 Å². The highest BCUT2D eigenvalue weighted by molar-refractivity contribution is 6.04. The van der Waals surface area contributed by atoms with E-state index in [0.717, 1.165) is 44.2 Å². The summed E-state index contributed by atoms with van der Waals surface area (Å²) in [5.74, 6) is 0.586. The van der Waals surface area contributed by atoms with Crippen LogP contribution in [0.15, 0.2) is 42.5 Å². The second-order valence-corrected chi connectivity index (χ2v) is 7.34. The van der Waals surface area contributed by atoms with Crippen LogP contribution in [0.2, 0.25) is 0 Å². The molecule has 3 N–H and O–H groups in total. The Labute approximate surface area is 167 Å². The number of ether oxygens (including phenoxy) is 1. The molecule has 0 radical (unpaired) electrons. The number of nitrogen functional groups attached to an aromatic ring is 1. The van der Waals surface area contributed by atoms with Crippen molar-refractivity contribution in [3.8, 4) is 5.75 Å². The molecule has 3 rings (SSSR count). The van der Waals surface area contributed by atoms with Crippen molar-refractivity contribution in [3.63, 3.8) is 0 Å². The molecule has 1 saturated heterocycles. The summed E-state index contributed by atoms with van der Waals surface area (Å²) in [6, 6.07) is 12.9. The van der Waals surface area contributed by atoms with Crippen molar-refractivity contribution in [3.05, 3.63) is 48.0 Å². The Balaban J connectivity index is 1.63. The molecule has 0 bridgehead atoms. The van der Waals surface area contributed by atoms with Crippen LogP contribution in [0.3, 0.4) is 0 Å². The van der Waals surface area contributed by atoms with E-state index in [1.807, 2.05) is 44.2 Å². The van der Waals surface area contributed by atoms with Gasteiger partial charge in [-0.25, -0.2) is 0 Å². The third-order valence-corrected chi connectivity index (χ3v) is 4.93. The minimum absolute atomic E-state index is 0.103. The monoisotopic (exact) mass is 382 g/mol. The van der Waals surface area contributed by atoms with Crippen molar-refractivity contribution in [1.82, 2.24) is 4.90 Å². The second-order valence-electron chi connectivity index (χ2n) is 7.34. The van der Waals surface area contributed by atoms with Crippen LogP contribution >= 0.6 is 0 Å². The molecule has 1 fully saturated rings. The molecular formula is C22H30N4O2. The first-order valence-electron chi connectivity index (χ1n) is 9.91. The number of likely N-dealkylation sites (N-methyl/N-ethyl adjacent to an activating group) is 1. The van der Waals surface area contributed by atoms with E-state index in [9.17, 15) is 4.79 Å². The minimum atomic E-state index is -0.167. The number of nitrogens with one attached hydrogen (secondary N) is 1. The zero-order valence-electron chi connectivity index (χ0n) is 16.9. The predicted octanol–water partition coefficient (Wildman–Crippen LogP) is 3.45. The van der Waals surface area contributed by atoms with Crippen molar-refractivity contribution in [2.24, 2.45) is 0 Å². The Morgan fingerprint density at radius 2 is 1.79 bits per heavy atom. The molecule has 0 saturated carbocycles. The molecule has 0 atom stereocenters. The SMILES string of the molecule is CCN1CCN(c2ccc(NC(=O)c3ccc(OC(C)C)cc3)cc2N)CC1. The third kappa shape index (κ3) is 4.95. The number of carbonyl (C=O) groups excluding carboxylic acids is 1. The van der Waals surface area contributed by atoms with Crippen molar-refractivity contribution < 1.29 is 9.53 Å². The molecule has 1 heterocycles. The fourth-order valence-electron chi connectivity index (χ4n) is 3.39. The van der Waals surface area contributed by atoms with Crippen LogP contribution in [0, 0.1) is 0 Å². The highest BCUT2D eigenvalue weighted by atomic mass is 16.5. The molecule has 150 valence electrons. The molecule has 0 aliphatic carbocycles. The molecule has 0 spiro atoms. The number of piperazine rings is 1. The zero-order valence-corrected chi connectivity index (χ0v) is 16.9. The molecule has 0 aromatic heterocycles. The Bertz CT molecular complexity index is 797. The van der Waals surface area contributed by atoms with Gasteiger partial charge in [-0.1, -0.05) is 6.92 Å². The first-order valence-corrected chi connectivity index (χ1v) is 9.91. The predicted molar refractivity (Wildman–Crippen MR) is 115 cm³/mol. The quantitative estimate of drug-likeness (QED) is 0.749. The van der Waals surface area contributed by atoms with Crippen molar-refractivity contribution in [1.29, 1.82) is 0 Å². The number of amides is 1. The fraction of sp³-hybridized carbons (Fsp3) is 0.409. The van der Waals surface area contributed by atoms with E-state index in [-0.39, 0.29) is 12.0 Å². The highest BCUT2D eigenvalue weighted by Gasteiger charge is 2.18. The Morgan fingerprint density at radius 3 is 2.36 bits per heavy atom. The van der Waals surface area contributed by atoms with Gasteiger partial charge in [0.2, 0.25) is 0 Å². The molecule has 6 heteroatoms. The van der Waals surface area contributed by atoms with Gasteiger partial charge in [-0.3, -0.25) is 4.79 Å². The van der Waals surface area contributed by atoms with E-state index in [0.29, 0.717) is 16.9 Å². The molecule has 1 aliphatic heterocycles. The van der Waals surface area contributed by atoms with Crippen LogP contribution in [0.5, 0.6) is 5.75 Å². The number of hydrogen-bond donors (Lipinski definition) is 2. The third-order valence-electron chi connectivity index (χ3n) is 4.93. The number of rotatable bonds is 6. The van der Waals surface area contributed by atoms with Crippen LogP contribution in [0.25, 0.3) is 0 Å². The van der Waals surface area contributed by atoms with Crippen LogP contribution in [0.1, 0.15) is 31.1 Å². The summed E-state index contributed by atoms with van der Waals surface area (Å²) < 4.78 is 5.61. The van der Waals surface area contributed by atoms with Gasteiger partial charge in [0, 0.05) is 37.4 Å². The van der Waals surface area contributed by atoms with Crippen molar-refractivity contribution in [2.75, 3.05) is 48.7 Å². The highest BCUT2D eigenvalue weighted by Crippen LogP contribution is 2.28. The van der Waals surface area contributed by atoms with E-state index in [1.165, 1.54) is 0 Å². The lowest BCUT2D eigenvalue weighted by molar-refractivity contribution is 0.102. The van der Waals surface area contributed by atoms with Crippen LogP contribution < -0.4 is 20.7 Å². The topological polar surface area (TPSA) is 70.8 Å². The maximum atomic E-state index is 12.5. The lowest BCUT2D eigenvalue weighted by Gasteiger charge is -2.36. The fourth-order valence-corrected chi connectivity index (χ4v) is 3.39. The second kappa shape index (κ2) is 8.97. The molecule has 1 amide bonds. The first kappa shape index (κ1) is 20.0. The molecule has 2 aromatic carbocycles. The van der Waals surface area contributed by atoms with E-state index in [2.05, 4.69) is 22.0 Å².